The van der Waals surface area contributed by atoms with Gasteiger partial charge in [0.1, 0.15) is 0 Å². The molecule has 21 heavy (non-hydrogen) atoms. The molecule has 0 radical (unpaired) electrons. The van der Waals surface area contributed by atoms with Crippen LogP contribution in [0.1, 0.15) is 5.56 Å². The molecule has 0 saturated carbocycles. The van der Waals surface area contributed by atoms with E-state index in [9.17, 15) is 9.59 Å². The molecule has 2 amide bonds. The van der Waals surface area contributed by atoms with Crippen molar-refractivity contribution in [2.24, 2.45) is 0 Å². The Kier molecular flexibility index (Phi) is 5.15. The van der Waals surface area contributed by atoms with Crippen molar-refractivity contribution in [1.82, 2.24) is 0 Å². The van der Waals surface area contributed by atoms with E-state index in [0.717, 1.165) is 9.26 Å². The van der Waals surface area contributed by atoms with E-state index in [2.05, 4.69) is 33.2 Å². The van der Waals surface area contributed by atoms with Gasteiger partial charge in [-0.1, -0.05) is 24.3 Å². The summed E-state index contributed by atoms with van der Waals surface area (Å²) >= 11 is 2.14. The number of hydrogen-bond donors (Lipinski definition) is 3. The van der Waals surface area contributed by atoms with E-state index in [1.54, 1.807) is 24.3 Å². The van der Waals surface area contributed by atoms with Crippen molar-refractivity contribution in [3.05, 3.63) is 57.7 Å². The fourth-order valence-electron chi connectivity index (χ4n) is 1.73. The molecule has 0 aliphatic rings. The molecule has 108 valence electrons. The first-order valence-corrected chi connectivity index (χ1v) is 7.26. The van der Waals surface area contributed by atoms with Crippen molar-refractivity contribution in [2.75, 3.05) is 10.6 Å². The number of benzene rings is 2. The molecular weight excluding hydrogens is 383 g/mol. The normalized spacial score (nSPS) is 9.95. The Bertz CT molecular complexity index is 656. The second-order valence-electron chi connectivity index (χ2n) is 4.33. The van der Waals surface area contributed by atoms with Gasteiger partial charge in [0.25, 0.3) is 0 Å². The van der Waals surface area contributed by atoms with Crippen LogP contribution in [0.5, 0.6) is 0 Å². The van der Waals surface area contributed by atoms with Gasteiger partial charge in [-0.05, 0) is 52.4 Å². The third-order valence-corrected chi connectivity index (χ3v) is 3.63. The lowest BCUT2D eigenvalue weighted by Gasteiger charge is -2.09. The van der Waals surface area contributed by atoms with Crippen LogP contribution in [0.25, 0.3) is 0 Å². The van der Waals surface area contributed by atoms with Crippen LogP contribution in [0.2, 0.25) is 0 Å². The Morgan fingerprint density at radius 1 is 1.00 bits per heavy atom. The summed E-state index contributed by atoms with van der Waals surface area (Å²) in [6, 6.07) is 13.8. The molecule has 6 heteroatoms. The number of halogens is 1. The molecule has 0 saturated heterocycles. The highest BCUT2D eigenvalue weighted by Gasteiger charge is 2.05. The van der Waals surface area contributed by atoms with Crippen molar-refractivity contribution in [2.45, 2.75) is 6.42 Å². The largest absolute Gasteiger partial charge is 0.481 e. The second kappa shape index (κ2) is 7.07. The number of nitrogens with one attached hydrogen (secondary N) is 2. The number of hydrogen-bond acceptors (Lipinski definition) is 2. The molecule has 2 rings (SSSR count). The summed E-state index contributed by atoms with van der Waals surface area (Å²) in [6.07, 6.45) is -0.0330. The molecule has 2 aromatic rings. The fraction of sp³-hybridized carbons (Fsp3) is 0.0667. The summed E-state index contributed by atoms with van der Waals surface area (Å²) < 4.78 is 0.946. The average Bonchev–Trinajstić information content (AvgIpc) is 2.43. The van der Waals surface area contributed by atoms with E-state index < -0.39 is 5.97 Å². The predicted molar refractivity (Wildman–Crippen MR) is 89.6 cm³/mol. The van der Waals surface area contributed by atoms with Gasteiger partial charge in [0.15, 0.2) is 0 Å². The Morgan fingerprint density at radius 3 is 2.29 bits per heavy atom. The zero-order chi connectivity index (χ0) is 15.2. The Labute approximate surface area is 135 Å². The van der Waals surface area contributed by atoms with Gasteiger partial charge in [0.2, 0.25) is 0 Å². The molecule has 0 atom stereocenters. The number of carboxylic acids is 1. The number of aliphatic carboxylic acids is 1. The third-order valence-electron chi connectivity index (χ3n) is 2.69. The maximum atomic E-state index is 11.9. The highest BCUT2D eigenvalue weighted by molar-refractivity contribution is 14.1. The highest BCUT2D eigenvalue weighted by Crippen LogP contribution is 2.17. The Balaban J connectivity index is 1.96. The van der Waals surface area contributed by atoms with Crippen LogP contribution in [0.3, 0.4) is 0 Å². The average molecular weight is 396 g/mol. The smallest absolute Gasteiger partial charge is 0.323 e. The lowest BCUT2D eigenvalue weighted by atomic mass is 10.1. The number of urea groups is 1. The minimum atomic E-state index is -0.882. The van der Waals surface area contributed by atoms with Gasteiger partial charge in [-0.3, -0.25) is 4.79 Å². The lowest BCUT2D eigenvalue weighted by Crippen LogP contribution is -2.19. The van der Waals surface area contributed by atoms with Crippen LogP contribution in [-0.4, -0.2) is 17.1 Å². The Morgan fingerprint density at radius 2 is 1.67 bits per heavy atom. The summed E-state index contributed by atoms with van der Waals surface area (Å²) in [6.45, 7) is 0. The summed E-state index contributed by atoms with van der Waals surface area (Å²) in [5.74, 6) is -0.882. The van der Waals surface area contributed by atoms with Crippen LogP contribution in [0.15, 0.2) is 48.5 Å². The zero-order valence-corrected chi connectivity index (χ0v) is 13.1. The minimum Gasteiger partial charge on any atom is -0.481 e. The van der Waals surface area contributed by atoms with Crippen LogP contribution >= 0.6 is 22.6 Å². The molecule has 2 aromatic carbocycles. The van der Waals surface area contributed by atoms with Gasteiger partial charge < -0.3 is 15.7 Å². The number of carbonyl (C=O) groups excluding carboxylic acids is 1. The molecule has 0 spiro atoms. The van der Waals surface area contributed by atoms with Crippen LogP contribution in [0.4, 0.5) is 16.2 Å². The molecule has 0 aliphatic heterocycles. The molecule has 5 nitrogen and oxygen atoms in total. The first kappa shape index (κ1) is 15.3. The number of rotatable bonds is 4. The minimum absolute atomic E-state index is 0.0330. The molecule has 0 bridgehead atoms. The van der Waals surface area contributed by atoms with Gasteiger partial charge in [0, 0.05) is 9.26 Å². The predicted octanol–water partition coefficient (Wildman–Crippen LogP) is 3.56. The summed E-state index contributed by atoms with van der Waals surface area (Å²) in [4.78, 5) is 22.5. The molecule has 0 heterocycles. The van der Waals surface area contributed by atoms with E-state index >= 15 is 0 Å². The molecule has 0 aliphatic carbocycles. The van der Waals surface area contributed by atoms with Gasteiger partial charge in [-0.2, -0.15) is 0 Å². The van der Waals surface area contributed by atoms with Gasteiger partial charge >= 0.3 is 12.0 Å². The van der Waals surface area contributed by atoms with E-state index in [1.807, 2.05) is 24.3 Å². The molecule has 0 fully saturated rings. The first-order chi connectivity index (χ1) is 10.0. The second-order valence-corrected chi connectivity index (χ2v) is 5.49. The SMILES string of the molecule is O=C(O)Cc1ccc(NC(=O)Nc2ccccc2I)cc1. The van der Waals surface area contributed by atoms with Crippen molar-refractivity contribution >= 4 is 46.0 Å². The number of amides is 2. The number of carbonyl (C=O) groups is 2. The van der Waals surface area contributed by atoms with Crippen molar-refractivity contribution in [1.29, 1.82) is 0 Å². The van der Waals surface area contributed by atoms with E-state index in [1.165, 1.54) is 0 Å². The number of carboxylic acid groups (broad SMARTS) is 1. The van der Waals surface area contributed by atoms with Crippen molar-refractivity contribution in [3.8, 4) is 0 Å². The summed E-state index contributed by atoms with van der Waals surface area (Å²) in [5.41, 5.74) is 2.02. The van der Waals surface area contributed by atoms with Crippen LogP contribution in [0, 0.1) is 3.57 Å². The number of anilines is 2. The quantitative estimate of drug-likeness (QED) is 0.692. The van der Waals surface area contributed by atoms with Gasteiger partial charge in [-0.25, -0.2) is 4.79 Å². The third kappa shape index (κ3) is 4.75. The standard InChI is InChI=1S/C15H13IN2O3/c16-12-3-1-2-4-13(12)18-15(21)17-11-7-5-10(6-8-11)9-14(19)20/h1-8H,9H2,(H,19,20)(H2,17,18,21). The fourth-order valence-corrected chi connectivity index (χ4v) is 2.25. The van der Waals surface area contributed by atoms with Crippen LogP contribution in [-0.2, 0) is 11.2 Å². The molecule has 3 N–H and O–H groups in total. The monoisotopic (exact) mass is 396 g/mol. The zero-order valence-electron chi connectivity index (χ0n) is 11.0. The maximum Gasteiger partial charge on any atom is 0.323 e. The molecule has 0 aromatic heterocycles. The van der Waals surface area contributed by atoms with E-state index in [4.69, 9.17) is 5.11 Å². The summed E-state index contributed by atoms with van der Waals surface area (Å²) in [7, 11) is 0. The van der Waals surface area contributed by atoms with Crippen LogP contribution < -0.4 is 10.6 Å². The highest BCUT2D eigenvalue weighted by atomic mass is 127. The topological polar surface area (TPSA) is 78.4 Å². The van der Waals surface area contributed by atoms with Gasteiger partial charge in [0.05, 0.1) is 12.1 Å². The molecule has 0 unspecified atom stereocenters. The summed E-state index contributed by atoms with van der Waals surface area (Å²) in [5, 5.41) is 14.1. The molecular formula is C15H13IN2O3. The number of para-hydroxylation sites is 1. The first-order valence-electron chi connectivity index (χ1n) is 6.18. The van der Waals surface area contributed by atoms with E-state index in [-0.39, 0.29) is 12.5 Å². The lowest BCUT2D eigenvalue weighted by molar-refractivity contribution is -0.136. The van der Waals surface area contributed by atoms with Crippen molar-refractivity contribution in [3.63, 3.8) is 0 Å². The van der Waals surface area contributed by atoms with Crippen molar-refractivity contribution < 1.29 is 14.7 Å². The van der Waals surface area contributed by atoms with Gasteiger partial charge in [-0.15, -0.1) is 0 Å². The van der Waals surface area contributed by atoms with E-state index in [0.29, 0.717) is 11.3 Å². The maximum absolute atomic E-state index is 11.9. The Hall–Kier alpha value is -2.09.